The summed E-state index contributed by atoms with van der Waals surface area (Å²) in [5.74, 6) is 0.658. The molecule has 16 atom stereocenters. The molecule has 0 aromatic heterocycles. The highest BCUT2D eigenvalue weighted by molar-refractivity contribution is 7.99. The molecule has 148 heavy (non-hydrogen) atoms. The summed E-state index contributed by atoms with van der Waals surface area (Å²) in [7, 11) is 4.27. The highest BCUT2D eigenvalue weighted by Crippen LogP contribution is 2.27. The Hall–Kier alpha value is -6.22. The van der Waals surface area contributed by atoms with Crippen molar-refractivity contribution in [1.29, 1.82) is 0 Å². The van der Waals surface area contributed by atoms with Crippen molar-refractivity contribution in [3.05, 3.63) is 0 Å². The van der Waals surface area contributed by atoms with Gasteiger partial charge >= 0.3 is 48.3 Å². The lowest BCUT2D eigenvalue weighted by Gasteiger charge is -2.24. The lowest BCUT2D eigenvalue weighted by Crippen LogP contribution is -3.00. The molecule has 0 heterocycles. The summed E-state index contributed by atoms with van der Waals surface area (Å²) in [6.07, 6.45) is 21.7. The quantitative estimate of drug-likeness (QED) is 0.0118. The molecule has 0 aliphatic rings. The molecule has 0 aliphatic carbocycles. The number of rotatable bonds is 80. The van der Waals surface area contributed by atoms with Crippen LogP contribution in [-0.4, -0.2) is 310 Å². The molecular weight excluding hydrogens is 2160 g/mol. The lowest BCUT2D eigenvalue weighted by molar-refractivity contribution is -0.368. The monoisotopic (exact) mass is 2320 g/mol. The summed E-state index contributed by atoms with van der Waals surface area (Å²) in [6.45, 7) is 4.71. The van der Waals surface area contributed by atoms with Gasteiger partial charge in [0.2, 0.25) is 17.7 Å². The Kier molecular flexibility index (Phi) is 93.0. The van der Waals surface area contributed by atoms with Crippen LogP contribution in [0.2, 0.25) is 0 Å². The van der Waals surface area contributed by atoms with E-state index < -0.39 is 137 Å². The minimum atomic E-state index is -5.06. The lowest BCUT2D eigenvalue weighted by atomic mass is 9.90. The number of halogens is 16. The average molecular weight is 2320 g/mol. The van der Waals surface area contributed by atoms with E-state index in [1.165, 1.54) is 58.4 Å². The van der Waals surface area contributed by atoms with Crippen molar-refractivity contribution in [3.8, 4) is 49.4 Å². The second kappa shape index (κ2) is 89.0. The number of carbonyl (C=O) groups excluding carboxylic acids is 16. The molecule has 4 unspecified atom stereocenters. The Balaban J connectivity index is -0.000000401. The summed E-state index contributed by atoms with van der Waals surface area (Å²) >= 11 is 2.94. The van der Waals surface area contributed by atoms with Crippen LogP contribution in [0, 0.1) is 84.9 Å². The van der Waals surface area contributed by atoms with Gasteiger partial charge in [-0.25, -0.2) is 0 Å². The standard InChI is InChI=1S/C36H52F6N4O6S2.C32H55N4O4S2.C30H48F6N4O6S2.4ClH/c1-7-19-53(5)21-15-26(25(3)47)23-31(49)29(14-10-12-18-45-34(52)36(40,41)42)46-32(50)27(16-22-54(6)20-8-2)24-30(48)28(43-4)13-9-11-17-44-33(51)35(37,38)39;1-7-19-41(5)21-15-26(25(3)37)23-31(39)29(14-10-12-18-34)36-32(40)27(16-22-42(6)20-8-2)24-30(38)28(35-4)13-9-11-17-33;1-19(41)20(11-15-47-3)17-25(43)23(10-6-8-14-39-28(46)30(34,35)36)40-26(44)21(12-16-48-4)18-24(42)22(37-2)9-5-7-13-38-27(45)29(31,32)33;;;;/h1-2,26-29,43H,9-24H2,3-6H3,(H-2,44,45,46,50,51,52);1-2,26-29,35H,9-24,33-34H2,3-6H3;20-23,37H,5-18H2,1-4H3,(H,38,45)(H,39,46)(H,40,44);4*1H/q;+1;;;;;/p+1/t26-,27-,28+,29+,53?,54?;26-,27-,28+,29+,41?,42?;20-,21-,22+,23+;;;;/m111..../s1. The van der Waals surface area contributed by atoms with Gasteiger partial charge in [0.05, 0.1) is 74.4 Å². The molecule has 0 bridgehead atoms. The van der Waals surface area contributed by atoms with Crippen molar-refractivity contribution >= 4 is 161 Å². The summed E-state index contributed by atoms with van der Waals surface area (Å²) in [5, 5.41) is 24.3. The number of thioether (sulfide) groups is 2. The van der Waals surface area contributed by atoms with Crippen LogP contribution < -0.4 is 114 Å². The van der Waals surface area contributed by atoms with E-state index in [1.54, 1.807) is 28.3 Å². The molecule has 0 aliphatic heterocycles. The molecule has 0 saturated heterocycles. The van der Waals surface area contributed by atoms with Crippen LogP contribution in [0.4, 0.5) is 52.7 Å². The highest BCUT2D eigenvalue weighted by Gasteiger charge is 2.43. The van der Waals surface area contributed by atoms with Crippen LogP contribution in [0.3, 0.4) is 0 Å². The first-order chi connectivity index (χ1) is 67.6. The number of ketones is 9. The van der Waals surface area contributed by atoms with Crippen molar-refractivity contribution in [2.75, 3.05) is 155 Å². The van der Waals surface area contributed by atoms with Crippen molar-refractivity contribution in [2.24, 2.45) is 35.5 Å². The number of hydrogen-bond acceptors (Lipinski definition) is 21. The minimum absolute atomic E-state index is 0. The molecule has 28 nitrogen and oxygen atoms in total. The van der Waals surface area contributed by atoms with Crippen molar-refractivity contribution in [1.82, 2.24) is 53.2 Å². The third-order valence-corrected chi connectivity index (χ3v) is 31.3. The van der Waals surface area contributed by atoms with Gasteiger partial charge in [0.25, 0.3) is 0 Å². The van der Waals surface area contributed by atoms with Gasteiger partial charge in [-0.15, -0.1) is 25.7 Å². The van der Waals surface area contributed by atoms with Crippen molar-refractivity contribution < 1.29 is 190 Å². The zero-order chi connectivity index (χ0) is 110. The first-order valence-corrected chi connectivity index (χ1v) is 58.9. The average Bonchev–Trinajstić information content (AvgIpc) is 0.870. The smallest absolute Gasteiger partial charge is 0.471 e. The van der Waals surface area contributed by atoms with Gasteiger partial charge in [-0.3, -0.25) is 76.7 Å². The maximum atomic E-state index is 13.8. The van der Waals surface area contributed by atoms with Gasteiger partial charge in [-0.1, -0.05) is 23.7 Å². The first-order valence-electron chi connectivity index (χ1n) is 48.3. The Labute approximate surface area is 912 Å². The van der Waals surface area contributed by atoms with Crippen LogP contribution in [0.25, 0.3) is 0 Å². The molecule has 0 spiro atoms. The zero-order valence-electron chi connectivity index (χ0n) is 87.2. The Morgan fingerprint density at radius 1 is 0.291 bits per heavy atom. The SMILES string of the molecule is C#CC[S+](C)CC[C@H](CC(=O)[C@H](CCCCNC(=O)C(F)(F)F)NC(=O)[C@H](CC[S+](C)CC#C)CC(=O)[C@H](CCCCNC(=O)C(F)(F)F)NC)C(C)=O.C#CC[S+](C)CC[C@H](CC(=O)[C@H](CCCC[NH3+])NC(=O)[C@H](CC[S+](C)CC#C)CC(=O)[C@H](CCCC[NH3+])NC)C(C)=O.CN[C@@H](CCCCNC(=O)C(F)(F)F)C(=O)C[C@@H](CCSC)C(=O)N[C@@H](CCCCNC(=O)C(F)(F)F)C(=O)C[C@@H](CCSC)C(C)=O.[Cl-].[Cl-].[Cl-].[Cl-]. The Morgan fingerprint density at radius 2 is 0.473 bits per heavy atom. The van der Waals surface area contributed by atoms with Gasteiger partial charge in [-0.05, 0) is 238 Å². The van der Waals surface area contributed by atoms with Crippen LogP contribution in [0.5, 0.6) is 0 Å². The molecule has 16 N–H and O–H groups in total. The third kappa shape index (κ3) is 74.7. The van der Waals surface area contributed by atoms with Crippen LogP contribution >= 0.6 is 23.5 Å². The van der Waals surface area contributed by atoms with E-state index in [1.807, 2.05) is 25.0 Å². The predicted octanol–water partition coefficient (Wildman–Crippen LogP) is -4.78. The second-order valence-corrected chi connectivity index (χ2v) is 46.5. The van der Waals surface area contributed by atoms with Crippen molar-refractivity contribution in [2.45, 2.75) is 274 Å². The fraction of sp³-hybridized carbons (Fsp3) is 0.755. The van der Waals surface area contributed by atoms with E-state index in [2.05, 4.69) is 79.6 Å². The van der Waals surface area contributed by atoms with Gasteiger partial charge in [0, 0.05) is 126 Å². The molecule has 0 saturated carbocycles. The number of amides is 7. The molecule has 0 aromatic carbocycles. The molecule has 0 rings (SSSR count). The number of hydrogen-bond donors (Lipinski definition) is 12. The largest absolute Gasteiger partial charge is 1.00 e. The first kappa shape index (κ1) is 155. The number of Topliss-reactive ketones (excluding diaryl/α,β-unsaturated/α-hetero) is 9. The molecule has 0 fully saturated rings. The number of terminal acetylenes is 4. The normalized spacial score (nSPS) is 14.5. The summed E-state index contributed by atoms with van der Waals surface area (Å²) in [4.78, 5) is 203. The van der Waals surface area contributed by atoms with E-state index in [-0.39, 0.29) is 294 Å². The number of nitrogens with one attached hydrogen (secondary N) is 10. The van der Waals surface area contributed by atoms with E-state index >= 15 is 0 Å². The molecule has 0 radical (unpaired) electrons. The number of quaternary nitrogens is 2. The topological polar surface area (TPSA) is 449 Å². The molecule has 7 amide bonds. The van der Waals surface area contributed by atoms with Gasteiger partial charge in [0.15, 0.2) is 57.7 Å². The summed E-state index contributed by atoms with van der Waals surface area (Å²) in [5.41, 5.74) is 7.77. The third-order valence-electron chi connectivity index (χ3n) is 23.6. The second-order valence-electron chi connectivity index (χ2n) is 35.5. The van der Waals surface area contributed by atoms with E-state index in [9.17, 15) is 129 Å². The maximum absolute atomic E-state index is 13.8. The Morgan fingerprint density at radius 3 is 0.669 bits per heavy atom. The van der Waals surface area contributed by atoms with E-state index in [4.69, 9.17) is 25.7 Å². The summed E-state index contributed by atoms with van der Waals surface area (Å²) < 4.78 is 150. The van der Waals surface area contributed by atoms with Crippen LogP contribution in [0.15, 0.2) is 0 Å². The maximum Gasteiger partial charge on any atom is 0.471 e. The van der Waals surface area contributed by atoms with Crippen LogP contribution in [0.1, 0.15) is 213 Å². The number of carbonyl (C=O) groups is 16. The van der Waals surface area contributed by atoms with E-state index in [0.29, 0.717) is 91.0 Å². The molecular formula is C98H160Cl4F12N12O16S6+2. The molecule has 854 valence electrons. The number of likely N-dealkylation sites (N-methyl/N-ethyl adjacent to an activating group) is 3. The van der Waals surface area contributed by atoms with E-state index in [0.717, 1.165) is 50.3 Å². The molecule has 0 aromatic rings. The predicted molar refractivity (Wildman–Crippen MR) is 552 cm³/mol. The summed E-state index contributed by atoms with van der Waals surface area (Å²) in [6, 6.07) is -4.71. The number of alkyl halides is 12. The fourth-order valence-electron chi connectivity index (χ4n) is 14.7. The van der Waals surface area contributed by atoms with Gasteiger partial charge in [0.1, 0.15) is 40.4 Å². The highest BCUT2D eigenvalue weighted by atomic mass is 35.5. The van der Waals surface area contributed by atoms with Gasteiger partial charge in [-0.2, -0.15) is 76.2 Å². The van der Waals surface area contributed by atoms with Crippen molar-refractivity contribution in [3.63, 3.8) is 0 Å². The zero-order valence-corrected chi connectivity index (χ0v) is 95.1. The minimum Gasteiger partial charge on any atom is -1.00 e. The van der Waals surface area contributed by atoms with Crippen LogP contribution in [-0.2, 0) is 120 Å². The molecule has 50 heteroatoms. The Bertz CT molecular complexity index is 4090. The number of unbranched alkanes of at least 4 members (excludes halogenated alkanes) is 6. The van der Waals surface area contributed by atoms with Gasteiger partial charge < -0.3 is 114 Å². The fourth-order valence-corrected chi connectivity index (χ4v) is 20.3.